The van der Waals surface area contributed by atoms with Gasteiger partial charge in [0.25, 0.3) is 11.7 Å². The van der Waals surface area contributed by atoms with Gasteiger partial charge in [0, 0.05) is 31.6 Å². The van der Waals surface area contributed by atoms with Gasteiger partial charge in [-0.2, -0.15) is 0 Å². The van der Waals surface area contributed by atoms with Crippen molar-refractivity contribution in [1.29, 1.82) is 0 Å². The number of carbonyl (C=O) groups is 2. The Morgan fingerprint density at radius 2 is 1.86 bits per heavy atom. The summed E-state index contributed by atoms with van der Waals surface area (Å²) in [6.45, 7) is 8.77. The molecule has 154 valence electrons. The minimum Gasteiger partial charge on any atom is -0.461 e. The second-order valence-electron chi connectivity index (χ2n) is 8.99. The monoisotopic (exact) mass is 394 g/mol. The lowest BCUT2D eigenvalue weighted by Gasteiger charge is -2.40. The second-order valence-corrected chi connectivity index (χ2v) is 8.99. The normalized spacial score (nSPS) is 22.5. The maximum absolute atomic E-state index is 12.6. The summed E-state index contributed by atoms with van der Waals surface area (Å²) in [5.41, 5.74) is 2.82. The average Bonchev–Trinajstić information content (AvgIpc) is 3.38. The molecular weight excluding hydrogens is 364 g/mol. The van der Waals surface area contributed by atoms with E-state index in [-0.39, 0.29) is 11.2 Å². The van der Waals surface area contributed by atoms with E-state index in [1.165, 1.54) is 17.4 Å². The molecule has 5 heteroatoms. The minimum absolute atomic E-state index is 0.106. The summed E-state index contributed by atoms with van der Waals surface area (Å²) in [5, 5.41) is 0. The highest BCUT2D eigenvalue weighted by Gasteiger charge is 2.44. The summed E-state index contributed by atoms with van der Waals surface area (Å²) in [5.74, 6) is -0.289. The Labute approximate surface area is 172 Å². The molecule has 4 rings (SSSR count). The van der Waals surface area contributed by atoms with Crippen molar-refractivity contribution in [3.05, 3.63) is 59.5 Å². The average molecular weight is 395 g/mol. The van der Waals surface area contributed by atoms with Crippen LogP contribution in [0.25, 0.3) is 0 Å². The fraction of sp³-hybridized carbons (Fsp3) is 0.500. The molecule has 1 aromatic heterocycles. The Balaban J connectivity index is 1.38. The van der Waals surface area contributed by atoms with E-state index in [9.17, 15) is 9.59 Å². The van der Waals surface area contributed by atoms with Crippen LogP contribution in [0.3, 0.4) is 0 Å². The van der Waals surface area contributed by atoms with E-state index in [1.54, 1.807) is 17.0 Å². The molecule has 3 heterocycles. The number of furan rings is 1. The van der Waals surface area contributed by atoms with Gasteiger partial charge in [0.05, 0.1) is 6.26 Å². The van der Waals surface area contributed by atoms with Crippen molar-refractivity contribution in [2.45, 2.75) is 45.6 Å². The number of carbonyl (C=O) groups excluding carboxylic acids is 2. The van der Waals surface area contributed by atoms with E-state index in [4.69, 9.17) is 4.42 Å². The zero-order valence-electron chi connectivity index (χ0n) is 17.4. The zero-order valence-corrected chi connectivity index (χ0v) is 17.4. The van der Waals surface area contributed by atoms with E-state index in [0.29, 0.717) is 19.0 Å². The molecule has 2 aromatic rings. The molecular formula is C24H30N2O3. The summed E-state index contributed by atoms with van der Waals surface area (Å²) < 4.78 is 5.11. The topological polar surface area (TPSA) is 53.8 Å². The molecule has 0 unspecified atom stereocenters. The van der Waals surface area contributed by atoms with Crippen LogP contribution < -0.4 is 0 Å². The molecule has 2 saturated heterocycles. The van der Waals surface area contributed by atoms with Gasteiger partial charge >= 0.3 is 0 Å². The van der Waals surface area contributed by atoms with Crippen LogP contribution in [-0.4, -0.2) is 47.7 Å². The third-order valence-corrected chi connectivity index (χ3v) is 6.46. The van der Waals surface area contributed by atoms with Crippen LogP contribution >= 0.6 is 0 Å². The Bertz CT molecular complexity index is 857. The summed E-state index contributed by atoms with van der Waals surface area (Å²) in [4.78, 5) is 29.2. The zero-order chi connectivity index (χ0) is 20.4. The Kier molecular flexibility index (Phi) is 5.59. The first-order valence-corrected chi connectivity index (χ1v) is 10.6. The van der Waals surface area contributed by atoms with Crippen LogP contribution in [0.5, 0.6) is 0 Å². The molecule has 1 aromatic carbocycles. The predicted molar refractivity (Wildman–Crippen MR) is 112 cm³/mol. The number of rotatable bonds is 5. The van der Waals surface area contributed by atoms with Crippen molar-refractivity contribution >= 4 is 11.7 Å². The molecule has 2 aliphatic heterocycles. The fourth-order valence-electron chi connectivity index (χ4n) is 4.81. The minimum atomic E-state index is -0.537. The molecule has 2 fully saturated rings. The highest BCUT2D eigenvalue weighted by Crippen LogP contribution is 2.39. The Hall–Kier alpha value is -2.40. The first kappa shape index (κ1) is 19.9. The van der Waals surface area contributed by atoms with Crippen molar-refractivity contribution in [2.75, 3.05) is 26.2 Å². The first-order chi connectivity index (χ1) is 14.0. The molecule has 0 saturated carbocycles. The number of hydrogen-bond donors (Lipinski definition) is 0. The molecule has 0 N–H and O–H groups in total. The van der Waals surface area contributed by atoms with E-state index >= 15 is 0 Å². The largest absolute Gasteiger partial charge is 0.461 e. The van der Waals surface area contributed by atoms with Crippen LogP contribution in [-0.2, 0) is 11.3 Å². The summed E-state index contributed by atoms with van der Waals surface area (Å²) in [6, 6.07) is 12.1. The van der Waals surface area contributed by atoms with Gasteiger partial charge in [-0.25, -0.2) is 0 Å². The lowest BCUT2D eigenvalue weighted by atomic mass is 9.79. The SMILES string of the molecule is CC(C)c1ccc(CN2CCC[C@@]3(CCN(C(=O)C(=O)c4ccco4)C3)C2)cc1. The van der Waals surface area contributed by atoms with Crippen molar-refractivity contribution in [1.82, 2.24) is 9.80 Å². The third-order valence-electron chi connectivity index (χ3n) is 6.46. The standard InChI is InChI=1S/C24H30N2O3/c1-18(2)20-8-6-19(7-9-20)15-25-12-4-10-24(16-25)11-13-26(17-24)23(28)22(27)21-5-3-14-29-21/h3,5-9,14,18H,4,10-13,15-17H2,1-2H3/t24-/m1/s1. The number of amides is 1. The van der Waals surface area contributed by atoms with E-state index < -0.39 is 11.7 Å². The van der Waals surface area contributed by atoms with Gasteiger partial charge in [0.1, 0.15) is 0 Å². The molecule has 0 radical (unpaired) electrons. The smallest absolute Gasteiger partial charge is 0.298 e. The van der Waals surface area contributed by atoms with Gasteiger partial charge in [-0.15, -0.1) is 0 Å². The molecule has 1 amide bonds. The number of piperidine rings is 1. The molecule has 0 aliphatic carbocycles. The second kappa shape index (κ2) is 8.15. The predicted octanol–water partition coefficient (Wildman–Crippen LogP) is 4.10. The molecule has 1 atom stereocenters. The summed E-state index contributed by atoms with van der Waals surface area (Å²) in [7, 11) is 0. The van der Waals surface area contributed by atoms with Crippen LogP contribution in [0, 0.1) is 5.41 Å². The lowest BCUT2D eigenvalue weighted by molar-refractivity contribution is -0.126. The van der Waals surface area contributed by atoms with Crippen LogP contribution in [0.15, 0.2) is 47.1 Å². The molecule has 1 spiro atoms. The van der Waals surface area contributed by atoms with Gasteiger partial charge in [0.15, 0.2) is 5.76 Å². The van der Waals surface area contributed by atoms with Crippen molar-refractivity contribution < 1.29 is 14.0 Å². The fourth-order valence-corrected chi connectivity index (χ4v) is 4.81. The van der Waals surface area contributed by atoms with Crippen LogP contribution in [0.4, 0.5) is 0 Å². The quantitative estimate of drug-likeness (QED) is 0.566. The highest BCUT2D eigenvalue weighted by molar-refractivity contribution is 6.41. The van der Waals surface area contributed by atoms with Gasteiger partial charge in [-0.3, -0.25) is 14.5 Å². The maximum atomic E-state index is 12.6. The number of hydrogen-bond acceptors (Lipinski definition) is 4. The van der Waals surface area contributed by atoms with Gasteiger partial charge in [-0.1, -0.05) is 38.1 Å². The van der Waals surface area contributed by atoms with Gasteiger partial charge in [0.2, 0.25) is 0 Å². The highest BCUT2D eigenvalue weighted by atomic mass is 16.3. The molecule has 0 bridgehead atoms. The molecule has 29 heavy (non-hydrogen) atoms. The van der Waals surface area contributed by atoms with Crippen LogP contribution in [0.1, 0.15) is 60.7 Å². The number of likely N-dealkylation sites (tertiary alicyclic amines) is 2. The number of benzene rings is 1. The van der Waals surface area contributed by atoms with Gasteiger partial charge in [-0.05, 0) is 55.0 Å². The number of nitrogens with zero attached hydrogens (tertiary/aromatic N) is 2. The molecule has 5 nitrogen and oxygen atoms in total. The van der Waals surface area contributed by atoms with Crippen molar-refractivity contribution in [3.8, 4) is 0 Å². The summed E-state index contributed by atoms with van der Waals surface area (Å²) >= 11 is 0. The first-order valence-electron chi connectivity index (χ1n) is 10.6. The molecule has 2 aliphatic rings. The third kappa shape index (κ3) is 4.30. The lowest BCUT2D eigenvalue weighted by Crippen LogP contribution is -2.45. The van der Waals surface area contributed by atoms with Gasteiger partial charge < -0.3 is 9.32 Å². The van der Waals surface area contributed by atoms with E-state index in [2.05, 4.69) is 43.0 Å². The van der Waals surface area contributed by atoms with E-state index in [1.807, 2.05) is 0 Å². The maximum Gasteiger partial charge on any atom is 0.298 e. The Morgan fingerprint density at radius 1 is 1.07 bits per heavy atom. The number of ketones is 1. The van der Waals surface area contributed by atoms with Crippen molar-refractivity contribution in [3.63, 3.8) is 0 Å². The van der Waals surface area contributed by atoms with E-state index in [0.717, 1.165) is 38.9 Å². The summed E-state index contributed by atoms with van der Waals surface area (Å²) in [6.07, 6.45) is 4.65. The number of Topliss-reactive ketones (excluding diaryl/α,β-unsaturated/α-hetero) is 1. The Morgan fingerprint density at radius 3 is 2.55 bits per heavy atom. The van der Waals surface area contributed by atoms with Crippen LogP contribution in [0.2, 0.25) is 0 Å². The van der Waals surface area contributed by atoms with Crippen molar-refractivity contribution in [2.24, 2.45) is 5.41 Å².